The minimum Gasteiger partial charge on any atom is -0.437 e. The third-order valence-electron chi connectivity index (χ3n) is 2.31. The molecule has 3 N–H and O–H groups in total. The first-order chi connectivity index (χ1) is 9.61. The number of nitro groups is 1. The van der Waals surface area contributed by atoms with Gasteiger partial charge >= 0.3 is 0 Å². The molecule has 0 aliphatic rings. The van der Waals surface area contributed by atoms with Gasteiger partial charge in [0.15, 0.2) is 5.84 Å². The molecule has 0 aliphatic heterocycles. The first kappa shape index (κ1) is 13.2. The van der Waals surface area contributed by atoms with Crippen molar-refractivity contribution in [2.24, 2.45) is 10.9 Å². The first-order valence-corrected chi connectivity index (χ1v) is 5.33. The standard InChI is InChI=1S/C11H9N5O4/c12-10(15-17)9-4-5-13-14-11(9)20-8-3-1-2-7(6-8)16(18)19/h1-6,17H,(H2,12,15). The third-order valence-corrected chi connectivity index (χ3v) is 2.31. The number of oxime groups is 1. The highest BCUT2D eigenvalue weighted by atomic mass is 16.6. The Morgan fingerprint density at radius 3 is 2.95 bits per heavy atom. The largest absolute Gasteiger partial charge is 0.437 e. The Kier molecular flexibility index (Phi) is 3.70. The number of nitrogens with two attached hydrogens (primary N) is 1. The monoisotopic (exact) mass is 275 g/mol. The molecule has 1 heterocycles. The van der Waals surface area contributed by atoms with Gasteiger partial charge in [-0.05, 0) is 12.1 Å². The van der Waals surface area contributed by atoms with Gasteiger partial charge in [-0.15, -0.1) is 5.10 Å². The van der Waals surface area contributed by atoms with E-state index in [4.69, 9.17) is 15.7 Å². The molecule has 0 aliphatic carbocycles. The molecule has 0 amide bonds. The van der Waals surface area contributed by atoms with Crippen LogP contribution >= 0.6 is 0 Å². The highest BCUT2D eigenvalue weighted by molar-refractivity contribution is 5.98. The van der Waals surface area contributed by atoms with E-state index in [9.17, 15) is 10.1 Å². The Morgan fingerprint density at radius 2 is 2.25 bits per heavy atom. The van der Waals surface area contributed by atoms with Crippen molar-refractivity contribution in [2.75, 3.05) is 0 Å². The summed E-state index contributed by atoms with van der Waals surface area (Å²) in [6, 6.07) is 6.97. The number of ether oxygens (including phenoxy) is 1. The van der Waals surface area contributed by atoms with Gasteiger partial charge in [0.05, 0.1) is 22.7 Å². The molecule has 20 heavy (non-hydrogen) atoms. The number of hydrogen-bond donors (Lipinski definition) is 2. The molecule has 9 nitrogen and oxygen atoms in total. The minimum absolute atomic E-state index is 0.0247. The second kappa shape index (κ2) is 5.61. The van der Waals surface area contributed by atoms with Crippen LogP contribution in [0.3, 0.4) is 0 Å². The van der Waals surface area contributed by atoms with E-state index in [1.807, 2.05) is 0 Å². The maximum absolute atomic E-state index is 10.7. The molecule has 0 saturated carbocycles. The molecule has 102 valence electrons. The number of benzene rings is 1. The van der Waals surface area contributed by atoms with Gasteiger partial charge in [-0.2, -0.15) is 5.10 Å². The lowest BCUT2D eigenvalue weighted by molar-refractivity contribution is -0.384. The van der Waals surface area contributed by atoms with Crippen molar-refractivity contribution in [3.8, 4) is 11.6 Å². The summed E-state index contributed by atoms with van der Waals surface area (Å²) >= 11 is 0. The number of amidine groups is 1. The maximum atomic E-state index is 10.7. The van der Waals surface area contributed by atoms with Gasteiger partial charge in [0.1, 0.15) is 5.75 Å². The Morgan fingerprint density at radius 1 is 1.45 bits per heavy atom. The molecular weight excluding hydrogens is 266 g/mol. The summed E-state index contributed by atoms with van der Waals surface area (Å²) in [7, 11) is 0. The van der Waals surface area contributed by atoms with Crippen LogP contribution in [-0.2, 0) is 0 Å². The zero-order chi connectivity index (χ0) is 14.5. The van der Waals surface area contributed by atoms with Gasteiger partial charge in [-0.1, -0.05) is 11.2 Å². The van der Waals surface area contributed by atoms with E-state index >= 15 is 0 Å². The predicted molar refractivity (Wildman–Crippen MR) is 67.7 cm³/mol. The first-order valence-electron chi connectivity index (χ1n) is 5.33. The normalized spacial score (nSPS) is 11.1. The Hall–Kier alpha value is -3.23. The fraction of sp³-hybridized carbons (Fsp3) is 0. The smallest absolute Gasteiger partial charge is 0.273 e. The van der Waals surface area contributed by atoms with Crippen molar-refractivity contribution >= 4 is 11.5 Å². The molecule has 0 saturated heterocycles. The Balaban J connectivity index is 2.35. The van der Waals surface area contributed by atoms with Crippen LogP contribution < -0.4 is 10.5 Å². The molecule has 0 atom stereocenters. The van der Waals surface area contributed by atoms with Crippen LogP contribution in [0, 0.1) is 10.1 Å². The van der Waals surface area contributed by atoms with Crippen LogP contribution in [0.25, 0.3) is 0 Å². The average molecular weight is 275 g/mol. The van der Waals surface area contributed by atoms with E-state index < -0.39 is 4.92 Å². The topological polar surface area (TPSA) is 137 Å². The lowest BCUT2D eigenvalue weighted by Gasteiger charge is -2.07. The predicted octanol–water partition coefficient (Wildman–Crippen LogP) is 1.27. The third kappa shape index (κ3) is 2.77. The molecule has 0 spiro atoms. The fourth-order valence-corrected chi connectivity index (χ4v) is 1.42. The summed E-state index contributed by atoms with van der Waals surface area (Å²) in [5, 5.41) is 29.5. The molecule has 2 aromatic rings. The van der Waals surface area contributed by atoms with Crippen LogP contribution in [0.15, 0.2) is 41.7 Å². The molecule has 0 radical (unpaired) electrons. The van der Waals surface area contributed by atoms with E-state index in [1.54, 1.807) is 0 Å². The highest BCUT2D eigenvalue weighted by Crippen LogP contribution is 2.25. The van der Waals surface area contributed by atoms with Crippen molar-refractivity contribution in [3.05, 3.63) is 52.2 Å². The Bertz CT molecular complexity index is 673. The number of aromatic nitrogens is 2. The second-order valence-electron chi connectivity index (χ2n) is 3.59. The zero-order valence-electron chi connectivity index (χ0n) is 10.0. The molecular formula is C11H9N5O4. The average Bonchev–Trinajstić information content (AvgIpc) is 2.47. The van der Waals surface area contributed by atoms with E-state index in [0.29, 0.717) is 0 Å². The number of nitrogens with zero attached hydrogens (tertiary/aromatic N) is 4. The van der Waals surface area contributed by atoms with Crippen LogP contribution in [0.2, 0.25) is 0 Å². The Labute approximate surface area is 112 Å². The van der Waals surface area contributed by atoms with E-state index in [0.717, 1.165) is 0 Å². The summed E-state index contributed by atoms with van der Waals surface area (Å²) < 4.78 is 5.37. The second-order valence-corrected chi connectivity index (χ2v) is 3.59. The fourth-order valence-electron chi connectivity index (χ4n) is 1.42. The molecule has 2 rings (SSSR count). The number of hydrogen-bond acceptors (Lipinski definition) is 7. The summed E-state index contributed by atoms with van der Waals surface area (Å²) in [5.41, 5.74) is 5.56. The van der Waals surface area contributed by atoms with Crippen molar-refractivity contribution in [1.29, 1.82) is 0 Å². The highest BCUT2D eigenvalue weighted by Gasteiger charge is 2.13. The van der Waals surface area contributed by atoms with Crippen LogP contribution in [-0.4, -0.2) is 26.2 Å². The minimum atomic E-state index is -0.548. The van der Waals surface area contributed by atoms with Crippen LogP contribution in [0.5, 0.6) is 11.6 Å². The SMILES string of the molecule is N/C(=N/O)c1ccnnc1Oc1cccc([N+](=O)[O-])c1. The van der Waals surface area contributed by atoms with E-state index in [1.165, 1.54) is 36.5 Å². The quantitative estimate of drug-likeness (QED) is 0.282. The van der Waals surface area contributed by atoms with Crippen LogP contribution in [0.4, 0.5) is 5.69 Å². The van der Waals surface area contributed by atoms with Gasteiger partial charge < -0.3 is 15.7 Å². The van der Waals surface area contributed by atoms with Gasteiger partial charge in [0.25, 0.3) is 5.69 Å². The van der Waals surface area contributed by atoms with Crippen LogP contribution in [0.1, 0.15) is 5.56 Å². The van der Waals surface area contributed by atoms with Gasteiger partial charge in [0.2, 0.25) is 5.88 Å². The summed E-state index contributed by atoms with van der Waals surface area (Å²) in [4.78, 5) is 10.1. The molecule has 0 unspecified atom stereocenters. The maximum Gasteiger partial charge on any atom is 0.273 e. The number of rotatable bonds is 4. The molecule has 9 heteroatoms. The number of nitro benzene ring substituents is 1. The number of non-ortho nitro benzene ring substituents is 1. The molecule has 1 aromatic carbocycles. The molecule has 0 bridgehead atoms. The van der Waals surface area contributed by atoms with Crippen molar-refractivity contribution in [3.63, 3.8) is 0 Å². The summed E-state index contributed by atoms with van der Waals surface area (Å²) in [6.45, 7) is 0. The molecule has 1 aromatic heterocycles. The van der Waals surface area contributed by atoms with Gasteiger partial charge in [-0.25, -0.2) is 0 Å². The summed E-state index contributed by atoms with van der Waals surface area (Å²) in [5.74, 6) is -0.0460. The van der Waals surface area contributed by atoms with Gasteiger partial charge in [-0.3, -0.25) is 10.1 Å². The molecule has 0 fully saturated rings. The van der Waals surface area contributed by atoms with E-state index in [2.05, 4.69) is 15.4 Å². The van der Waals surface area contributed by atoms with E-state index in [-0.39, 0.29) is 28.7 Å². The lowest BCUT2D eigenvalue weighted by Crippen LogP contribution is -2.15. The van der Waals surface area contributed by atoms with Crippen molar-refractivity contribution in [1.82, 2.24) is 10.2 Å². The lowest BCUT2D eigenvalue weighted by atomic mass is 10.2. The van der Waals surface area contributed by atoms with Crippen molar-refractivity contribution < 1.29 is 14.9 Å². The summed E-state index contributed by atoms with van der Waals surface area (Å²) in [6.07, 6.45) is 1.34. The van der Waals surface area contributed by atoms with Crippen molar-refractivity contribution in [2.45, 2.75) is 0 Å². The van der Waals surface area contributed by atoms with Gasteiger partial charge in [0, 0.05) is 6.07 Å². The zero-order valence-corrected chi connectivity index (χ0v) is 10.0.